The SMILES string of the molecule is C=CC(=O)N1CC(C)N2c3c(c(=O)n(-c4c(C)ccnc4C(C)C)c4nc(-c5c(O)cccc5F)c(F)cc34)OCC2C1. The summed E-state index contributed by atoms with van der Waals surface area (Å²) in [5.74, 6) is -2.52. The highest BCUT2D eigenvalue weighted by Crippen LogP contribution is 2.43. The molecule has 1 aromatic carbocycles. The number of rotatable bonds is 4. The first-order valence-corrected chi connectivity index (χ1v) is 14.1. The van der Waals surface area contributed by atoms with Gasteiger partial charge in [0.2, 0.25) is 11.7 Å². The topological polar surface area (TPSA) is 101 Å². The monoisotopic (exact) mass is 587 g/mol. The second-order valence-corrected chi connectivity index (χ2v) is 11.3. The number of halogens is 2. The van der Waals surface area contributed by atoms with E-state index in [1.54, 1.807) is 17.2 Å². The molecule has 0 spiro atoms. The van der Waals surface area contributed by atoms with E-state index in [4.69, 9.17) is 4.74 Å². The van der Waals surface area contributed by atoms with Crippen LogP contribution in [0.2, 0.25) is 0 Å². The normalized spacial score (nSPS) is 17.9. The molecule has 1 N–H and O–H groups in total. The number of anilines is 1. The molecule has 2 unspecified atom stereocenters. The number of aryl methyl sites for hydroxylation is 1. The molecular formula is C32H31F2N5O4. The number of piperazine rings is 1. The molecule has 43 heavy (non-hydrogen) atoms. The standard InChI is InChI=1S/C32H31F2N5O4/c1-6-24(41)37-13-18(5)38-19(14-37)15-43-30-29(38)20-12-22(34)27(25-21(33)8-7-9-23(25)40)36-31(20)39(32(30)42)28-17(4)10-11-35-26(28)16(2)3/h6-12,16,18-19,40H,1,13-15H2,2-5H3. The molecule has 1 saturated heterocycles. The minimum atomic E-state index is -0.887. The molecule has 1 amide bonds. The first-order valence-electron chi connectivity index (χ1n) is 14.1. The lowest BCUT2D eigenvalue weighted by Crippen LogP contribution is -2.62. The molecule has 1 fully saturated rings. The van der Waals surface area contributed by atoms with Crippen molar-refractivity contribution < 1.29 is 23.4 Å². The maximum atomic E-state index is 16.0. The van der Waals surface area contributed by atoms with Crippen LogP contribution in [0.4, 0.5) is 14.5 Å². The van der Waals surface area contributed by atoms with Crippen LogP contribution in [0.25, 0.3) is 28.0 Å². The summed E-state index contributed by atoms with van der Waals surface area (Å²) in [6.07, 6.45) is 2.91. The molecule has 11 heteroatoms. The minimum absolute atomic E-state index is 0.0275. The number of benzene rings is 1. The quantitative estimate of drug-likeness (QED) is 0.341. The summed E-state index contributed by atoms with van der Waals surface area (Å²) in [6.45, 7) is 12.0. The van der Waals surface area contributed by atoms with Crippen molar-refractivity contribution >= 4 is 22.6 Å². The predicted octanol–water partition coefficient (Wildman–Crippen LogP) is 4.85. The van der Waals surface area contributed by atoms with Crippen LogP contribution in [0.15, 0.2) is 54.0 Å². The zero-order chi connectivity index (χ0) is 30.7. The molecule has 4 aromatic rings. The Morgan fingerprint density at radius 2 is 1.95 bits per heavy atom. The van der Waals surface area contributed by atoms with Gasteiger partial charge >= 0.3 is 5.56 Å². The van der Waals surface area contributed by atoms with Crippen molar-refractivity contribution in [3.63, 3.8) is 0 Å². The highest BCUT2D eigenvalue weighted by molar-refractivity contribution is 5.97. The van der Waals surface area contributed by atoms with Gasteiger partial charge in [-0.15, -0.1) is 0 Å². The second kappa shape index (κ2) is 10.5. The van der Waals surface area contributed by atoms with Crippen LogP contribution < -0.4 is 15.2 Å². The number of ether oxygens (including phenoxy) is 1. The van der Waals surface area contributed by atoms with Crippen LogP contribution >= 0.6 is 0 Å². The molecule has 2 aliphatic rings. The summed E-state index contributed by atoms with van der Waals surface area (Å²) in [7, 11) is 0. The van der Waals surface area contributed by atoms with E-state index in [0.717, 1.165) is 11.6 Å². The van der Waals surface area contributed by atoms with E-state index in [9.17, 15) is 14.7 Å². The molecule has 222 valence electrons. The van der Waals surface area contributed by atoms with Gasteiger partial charge in [0.05, 0.1) is 28.7 Å². The fourth-order valence-corrected chi connectivity index (χ4v) is 6.25. The van der Waals surface area contributed by atoms with E-state index >= 15 is 8.78 Å². The zero-order valence-corrected chi connectivity index (χ0v) is 24.3. The number of fused-ring (bicyclic) bond motifs is 5. The number of pyridine rings is 3. The average molecular weight is 588 g/mol. The van der Waals surface area contributed by atoms with Crippen molar-refractivity contribution in [2.24, 2.45) is 0 Å². The maximum Gasteiger partial charge on any atom is 0.301 e. The Morgan fingerprint density at radius 1 is 1.19 bits per heavy atom. The molecule has 0 bridgehead atoms. The van der Waals surface area contributed by atoms with Gasteiger partial charge in [-0.2, -0.15) is 0 Å². The number of carbonyl (C=O) groups excluding carboxylic acids is 1. The van der Waals surface area contributed by atoms with Gasteiger partial charge in [-0.25, -0.2) is 13.8 Å². The summed E-state index contributed by atoms with van der Waals surface area (Å²) < 4.78 is 38.5. The molecule has 2 aliphatic heterocycles. The zero-order valence-electron chi connectivity index (χ0n) is 24.3. The Labute approximate surface area is 246 Å². The van der Waals surface area contributed by atoms with Crippen molar-refractivity contribution in [3.8, 4) is 28.4 Å². The summed E-state index contributed by atoms with van der Waals surface area (Å²) >= 11 is 0. The van der Waals surface area contributed by atoms with E-state index < -0.39 is 34.2 Å². The number of phenolic OH excluding ortho intramolecular Hbond substituents is 1. The number of aromatic hydroxyl groups is 1. The maximum absolute atomic E-state index is 16.0. The van der Waals surface area contributed by atoms with E-state index in [1.807, 2.05) is 32.6 Å². The molecule has 6 rings (SSSR count). The first-order chi connectivity index (χ1) is 20.5. The van der Waals surface area contributed by atoms with Gasteiger partial charge in [0.1, 0.15) is 23.9 Å². The lowest BCUT2D eigenvalue weighted by Gasteiger charge is -2.49. The van der Waals surface area contributed by atoms with Crippen LogP contribution in [-0.4, -0.2) is 62.2 Å². The van der Waals surface area contributed by atoms with Gasteiger partial charge in [-0.3, -0.25) is 19.1 Å². The van der Waals surface area contributed by atoms with Gasteiger partial charge in [0, 0.05) is 30.7 Å². The number of hydrogen-bond acceptors (Lipinski definition) is 7. The van der Waals surface area contributed by atoms with E-state index in [1.165, 1.54) is 28.8 Å². The second-order valence-electron chi connectivity index (χ2n) is 11.3. The van der Waals surface area contributed by atoms with Crippen molar-refractivity contribution in [1.29, 1.82) is 0 Å². The molecule has 5 heterocycles. The average Bonchev–Trinajstić information content (AvgIpc) is 2.97. The van der Waals surface area contributed by atoms with E-state index in [0.29, 0.717) is 30.2 Å². The van der Waals surface area contributed by atoms with Crippen LogP contribution in [0.1, 0.15) is 37.9 Å². The molecular weight excluding hydrogens is 556 g/mol. The highest BCUT2D eigenvalue weighted by atomic mass is 19.1. The van der Waals surface area contributed by atoms with Crippen LogP contribution in [0.5, 0.6) is 11.5 Å². The Hall–Kier alpha value is -4.80. The fraction of sp³-hybridized carbons (Fsp3) is 0.312. The first kappa shape index (κ1) is 28.3. The smallest absolute Gasteiger partial charge is 0.301 e. The molecule has 9 nitrogen and oxygen atoms in total. The lowest BCUT2D eigenvalue weighted by molar-refractivity contribution is -0.127. The number of amides is 1. The summed E-state index contributed by atoms with van der Waals surface area (Å²) in [5, 5.41) is 10.8. The molecule has 0 saturated carbocycles. The third-order valence-electron chi connectivity index (χ3n) is 8.14. The Kier molecular flexibility index (Phi) is 6.90. The van der Waals surface area contributed by atoms with E-state index in [-0.39, 0.29) is 47.3 Å². The van der Waals surface area contributed by atoms with Crippen LogP contribution in [0, 0.1) is 18.6 Å². The summed E-state index contributed by atoms with van der Waals surface area (Å²) in [6, 6.07) is 6.03. The van der Waals surface area contributed by atoms with E-state index in [2.05, 4.69) is 16.5 Å². The van der Waals surface area contributed by atoms with Gasteiger partial charge in [-0.05, 0) is 55.7 Å². The molecule has 3 aromatic heterocycles. The Morgan fingerprint density at radius 3 is 2.65 bits per heavy atom. The number of carbonyl (C=O) groups is 1. The largest absolute Gasteiger partial charge is 0.507 e. The lowest BCUT2D eigenvalue weighted by atomic mass is 10.00. The van der Waals surface area contributed by atoms with Gasteiger partial charge in [0.15, 0.2) is 11.5 Å². The number of nitrogens with zero attached hydrogens (tertiary/aromatic N) is 5. The number of phenols is 1. The van der Waals surface area contributed by atoms with Crippen LogP contribution in [0.3, 0.4) is 0 Å². The van der Waals surface area contributed by atoms with Crippen molar-refractivity contribution in [2.75, 3.05) is 24.6 Å². The highest BCUT2D eigenvalue weighted by Gasteiger charge is 2.41. The summed E-state index contributed by atoms with van der Waals surface area (Å²) in [5.41, 5.74) is 0.842. The number of aromatic nitrogens is 3. The molecule has 0 aliphatic carbocycles. The third kappa shape index (κ3) is 4.41. The minimum Gasteiger partial charge on any atom is -0.507 e. The van der Waals surface area contributed by atoms with Crippen LogP contribution in [-0.2, 0) is 4.79 Å². The predicted molar refractivity (Wildman–Crippen MR) is 159 cm³/mol. The van der Waals surface area contributed by atoms with Gasteiger partial charge < -0.3 is 19.6 Å². The van der Waals surface area contributed by atoms with Crippen molar-refractivity contribution in [2.45, 2.75) is 45.7 Å². The Balaban J connectivity index is 1.71. The molecule has 0 radical (unpaired) electrons. The summed E-state index contributed by atoms with van der Waals surface area (Å²) in [4.78, 5) is 39.7. The number of hydrogen-bond donors (Lipinski definition) is 1. The fourth-order valence-electron chi connectivity index (χ4n) is 6.25. The third-order valence-corrected chi connectivity index (χ3v) is 8.14. The van der Waals surface area contributed by atoms with Crippen molar-refractivity contribution in [1.82, 2.24) is 19.4 Å². The Bertz CT molecular complexity index is 1850. The van der Waals surface area contributed by atoms with Crippen molar-refractivity contribution in [3.05, 3.63) is 82.4 Å². The van der Waals surface area contributed by atoms with Gasteiger partial charge in [-0.1, -0.05) is 26.5 Å². The molecule has 2 atom stereocenters. The van der Waals surface area contributed by atoms with Gasteiger partial charge in [0.25, 0.3) is 0 Å².